The van der Waals surface area contributed by atoms with E-state index in [9.17, 15) is 0 Å². The van der Waals surface area contributed by atoms with Gasteiger partial charge >= 0.3 is 0 Å². The molecule has 78 valence electrons. The number of nitrogens with one attached hydrogen (secondary N) is 1. The van der Waals surface area contributed by atoms with Gasteiger partial charge in [-0.1, -0.05) is 11.6 Å². The van der Waals surface area contributed by atoms with Crippen molar-refractivity contribution >= 4 is 17.4 Å². The number of rotatable bonds is 2. The van der Waals surface area contributed by atoms with Crippen LogP contribution in [0.3, 0.4) is 0 Å². The number of hydrogen-bond acceptors (Lipinski definition) is 4. The van der Waals surface area contributed by atoms with Crippen molar-refractivity contribution in [3.63, 3.8) is 0 Å². The Kier molecular flexibility index (Phi) is 2.55. The second kappa shape index (κ2) is 3.86. The lowest BCUT2D eigenvalue weighted by Gasteiger charge is -2.02. The predicted octanol–water partition coefficient (Wildman–Crippen LogP) is 1.67. The average molecular weight is 224 g/mol. The molecule has 0 aromatic carbocycles. The van der Waals surface area contributed by atoms with Crippen LogP contribution < -0.4 is 5.32 Å². The van der Waals surface area contributed by atoms with Crippen molar-refractivity contribution in [2.45, 2.75) is 6.92 Å². The molecule has 1 N–H and O–H groups in total. The largest absolute Gasteiger partial charge is 0.372 e. The SMILES string of the molecule is CNc1cncc(-n2cc(Cl)c(C)n2)n1. The van der Waals surface area contributed by atoms with Gasteiger partial charge in [-0.15, -0.1) is 0 Å². The highest BCUT2D eigenvalue weighted by atomic mass is 35.5. The van der Waals surface area contributed by atoms with Crippen molar-refractivity contribution < 1.29 is 0 Å². The summed E-state index contributed by atoms with van der Waals surface area (Å²) in [5.74, 6) is 1.33. The summed E-state index contributed by atoms with van der Waals surface area (Å²) in [5, 5.41) is 7.74. The molecule has 2 rings (SSSR count). The molecule has 0 aliphatic carbocycles. The molecule has 6 heteroatoms. The van der Waals surface area contributed by atoms with E-state index in [-0.39, 0.29) is 0 Å². The fourth-order valence-corrected chi connectivity index (χ4v) is 1.27. The summed E-state index contributed by atoms with van der Waals surface area (Å²) in [6.07, 6.45) is 4.98. The lowest BCUT2D eigenvalue weighted by Crippen LogP contribution is -2.02. The number of anilines is 1. The van der Waals surface area contributed by atoms with Gasteiger partial charge in [-0.3, -0.25) is 4.98 Å². The van der Waals surface area contributed by atoms with Gasteiger partial charge < -0.3 is 5.32 Å². The van der Waals surface area contributed by atoms with Crippen LogP contribution in [0.5, 0.6) is 0 Å². The summed E-state index contributed by atoms with van der Waals surface area (Å²) in [7, 11) is 1.79. The monoisotopic (exact) mass is 223 g/mol. The Balaban J connectivity index is 2.44. The van der Waals surface area contributed by atoms with Crippen molar-refractivity contribution in [3.8, 4) is 5.82 Å². The third-order valence-corrected chi connectivity index (χ3v) is 2.32. The highest BCUT2D eigenvalue weighted by molar-refractivity contribution is 6.31. The zero-order chi connectivity index (χ0) is 10.8. The molecule has 0 bridgehead atoms. The number of aryl methyl sites for hydroxylation is 1. The third kappa shape index (κ3) is 1.92. The number of hydrogen-bond donors (Lipinski definition) is 1. The molecule has 2 heterocycles. The molecule has 0 spiro atoms. The smallest absolute Gasteiger partial charge is 0.174 e. The van der Waals surface area contributed by atoms with Gasteiger partial charge in [0.05, 0.1) is 29.3 Å². The van der Waals surface area contributed by atoms with Crippen LogP contribution >= 0.6 is 11.6 Å². The lowest BCUT2D eigenvalue weighted by molar-refractivity contribution is 0.825. The Morgan fingerprint density at radius 1 is 1.40 bits per heavy atom. The maximum absolute atomic E-state index is 5.91. The Morgan fingerprint density at radius 2 is 2.20 bits per heavy atom. The molecule has 0 amide bonds. The summed E-state index contributed by atoms with van der Waals surface area (Å²) < 4.78 is 1.60. The minimum Gasteiger partial charge on any atom is -0.372 e. The summed E-state index contributed by atoms with van der Waals surface area (Å²) >= 11 is 5.91. The average Bonchev–Trinajstić information content (AvgIpc) is 2.59. The second-order valence-electron chi connectivity index (χ2n) is 3.02. The molecule has 0 atom stereocenters. The summed E-state index contributed by atoms with van der Waals surface area (Å²) in [6, 6.07) is 0. The van der Waals surface area contributed by atoms with E-state index in [1.807, 2.05) is 6.92 Å². The van der Waals surface area contributed by atoms with Crippen LogP contribution in [0, 0.1) is 6.92 Å². The standard InChI is InChI=1S/C9H10ClN5/c1-6-7(10)5-15(14-6)9-4-12-3-8(11-2)13-9/h3-5H,1-2H3,(H,11,13). The molecule has 0 aliphatic rings. The molecule has 0 saturated carbocycles. The number of aromatic nitrogens is 4. The van der Waals surface area contributed by atoms with Crippen LogP contribution in [0.2, 0.25) is 5.02 Å². The first kappa shape index (κ1) is 9.92. The Hall–Kier alpha value is -1.62. The first-order valence-electron chi connectivity index (χ1n) is 4.42. The van der Waals surface area contributed by atoms with Crippen molar-refractivity contribution in [1.82, 2.24) is 19.7 Å². The van der Waals surface area contributed by atoms with Crippen molar-refractivity contribution in [1.29, 1.82) is 0 Å². The molecule has 2 aromatic heterocycles. The molecular weight excluding hydrogens is 214 g/mol. The summed E-state index contributed by atoms with van der Waals surface area (Å²) in [4.78, 5) is 8.33. The minimum absolute atomic E-state index is 0.617. The quantitative estimate of drug-likeness (QED) is 0.842. The highest BCUT2D eigenvalue weighted by Gasteiger charge is 2.05. The van der Waals surface area contributed by atoms with E-state index in [0.29, 0.717) is 16.7 Å². The normalized spacial score (nSPS) is 10.3. The Labute approximate surface area is 92.1 Å². The highest BCUT2D eigenvalue weighted by Crippen LogP contribution is 2.15. The molecule has 2 aromatic rings. The Morgan fingerprint density at radius 3 is 2.80 bits per heavy atom. The van der Waals surface area contributed by atoms with E-state index < -0.39 is 0 Å². The van der Waals surface area contributed by atoms with E-state index >= 15 is 0 Å². The van der Waals surface area contributed by atoms with Crippen LogP contribution in [-0.2, 0) is 0 Å². The minimum atomic E-state index is 0.617. The van der Waals surface area contributed by atoms with Crippen LogP contribution in [0.4, 0.5) is 5.82 Å². The lowest BCUT2D eigenvalue weighted by atomic mass is 10.5. The first-order chi connectivity index (χ1) is 7.20. The van der Waals surface area contributed by atoms with E-state index in [2.05, 4.69) is 20.4 Å². The number of halogens is 1. The van der Waals surface area contributed by atoms with Gasteiger partial charge in [0.2, 0.25) is 0 Å². The van der Waals surface area contributed by atoms with E-state index in [1.165, 1.54) is 0 Å². The van der Waals surface area contributed by atoms with E-state index in [4.69, 9.17) is 11.6 Å². The predicted molar refractivity (Wildman–Crippen MR) is 58.4 cm³/mol. The number of nitrogens with zero attached hydrogens (tertiary/aromatic N) is 4. The molecule has 15 heavy (non-hydrogen) atoms. The summed E-state index contributed by atoms with van der Waals surface area (Å²) in [6.45, 7) is 1.84. The Bertz CT molecular complexity index is 460. The first-order valence-corrected chi connectivity index (χ1v) is 4.80. The van der Waals surface area contributed by atoms with Crippen molar-refractivity contribution in [2.24, 2.45) is 0 Å². The van der Waals surface area contributed by atoms with Gasteiger partial charge in [0.25, 0.3) is 0 Å². The van der Waals surface area contributed by atoms with Gasteiger partial charge in [0.15, 0.2) is 5.82 Å². The van der Waals surface area contributed by atoms with Gasteiger partial charge in [0.1, 0.15) is 5.82 Å². The molecule has 0 unspecified atom stereocenters. The van der Waals surface area contributed by atoms with Crippen LogP contribution in [0.15, 0.2) is 18.6 Å². The molecule has 0 fully saturated rings. The second-order valence-corrected chi connectivity index (χ2v) is 3.43. The fraction of sp³-hybridized carbons (Fsp3) is 0.222. The molecule has 0 radical (unpaired) electrons. The molecule has 0 aliphatic heterocycles. The van der Waals surface area contributed by atoms with Crippen LogP contribution in [0.25, 0.3) is 5.82 Å². The summed E-state index contributed by atoms with van der Waals surface area (Å²) in [5.41, 5.74) is 0.772. The zero-order valence-corrected chi connectivity index (χ0v) is 9.15. The maximum Gasteiger partial charge on any atom is 0.174 e. The third-order valence-electron chi connectivity index (χ3n) is 1.95. The van der Waals surface area contributed by atoms with Crippen LogP contribution in [0.1, 0.15) is 5.69 Å². The van der Waals surface area contributed by atoms with Crippen molar-refractivity contribution in [2.75, 3.05) is 12.4 Å². The molecular formula is C9H10ClN5. The van der Waals surface area contributed by atoms with Gasteiger partial charge in [-0.05, 0) is 6.92 Å². The zero-order valence-electron chi connectivity index (χ0n) is 8.40. The van der Waals surface area contributed by atoms with Gasteiger partial charge in [-0.2, -0.15) is 5.10 Å². The van der Waals surface area contributed by atoms with E-state index in [0.717, 1.165) is 5.69 Å². The molecule has 0 saturated heterocycles. The molecule has 5 nitrogen and oxygen atoms in total. The van der Waals surface area contributed by atoms with E-state index in [1.54, 1.807) is 30.3 Å². The maximum atomic E-state index is 5.91. The van der Waals surface area contributed by atoms with Gasteiger partial charge in [0, 0.05) is 7.05 Å². The van der Waals surface area contributed by atoms with Gasteiger partial charge in [-0.25, -0.2) is 9.67 Å². The van der Waals surface area contributed by atoms with Crippen molar-refractivity contribution in [3.05, 3.63) is 29.3 Å². The van der Waals surface area contributed by atoms with Crippen LogP contribution in [-0.4, -0.2) is 26.8 Å². The fourth-order valence-electron chi connectivity index (χ4n) is 1.14. The topological polar surface area (TPSA) is 55.6 Å².